The molecule has 3 rings (SSSR count). The number of halogens is 5. The molecule has 0 bridgehead atoms. The Kier molecular flexibility index (Phi) is 4.50. The fraction of sp³-hybridized carbons (Fsp3) is 0.267. The highest BCUT2D eigenvalue weighted by Crippen LogP contribution is 2.52. The molecule has 1 fully saturated rings. The van der Waals surface area contributed by atoms with Gasteiger partial charge in [-0.1, -0.05) is 23.2 Å². The first-order chi connectivity index (χ1) is 12.6. The summed E-state index contributed by atoms with van der Waals surface area (Å²) in [7, 11) is 0. The molecule has 12 heteroatoms. The molecule has 0 radical (unpaired) electrons. The van der Waals surface area contributed by atoms with E-state index in [1.807, 2.05) is 11.5 Å². The average molecular weight is 419 g/mol. The lowest BCUT2D eigenvalue weighted by molar-refractivity contribution is -0.137. The molecule has 2 aromatic rings. The van der Waals surface area contributed by atoms with E-state index in [1.54, 1.807) is 0 Å². The van der Waals surface area contributed by atoms with Gasteiger partial charge in [-0.2, -0.15) is 23.5 Å². The van der Waals surface area contributed by atoms with Crippen LogP contribution in [0.5, 0.6) is 0 Å². The lowest BCUT2D eigenvalue weighted by Gasteiger charge is -2.15. The van der Waals surface area contributed by atoms with Crippen molar-refractivity contribution in [1.82, 2.24) is 15.2 Å². The van der Waals surface area contributed by atoms with Gasteiger partial charge in [0.25, 0.3) is 0 Å². The van der Waals surface area contributed by atoms with Crippen molar-refractivity contribution in [2.75, 3.05) is 5.73 Å². The second-order valence-electron chi connectivity index (χ2n) is 5.97. The summed E-state index contributed by atoms with van der Waals surface area (Å²) in [5.74, 6) is 4.53. The van der Waals surface area contributed by atoms with Crippen molar-refractivity contribution in [2.45, 2.75) is 24.4 Å². The van der Waals surface area contributed by atoms with E-state index in [0.717, 1.165) is 4.68 Å². The third-order valence-electron chi connectivity index (χ3n) is 4.38. The molecule has 0 aliphatic heterocycles. The number of rotatable bonds is 3. The van der Waals surface area contributed by atoms with Gasteiger partial charge in [0, 0.05) is 5.56 Å². The number of anilines is 1. The Bertz CT molecular complexity index is 968. The van der Waals surface area contributed by atoms with E-state index in [2.05, 4.69) is 5.10 Å². The number of nitriles is 1. The fourth-order valence-corrected chi connectivity index (χ4v) is 3.58. The van der Waals surface area contributed by atoms with Crippen molar-refractivity contribution in [3.8, 4) is 11.8 Å². The van der Waals surface area contributed by atoms with Gasteiger partial charge < -0.3 is 5.73 Å². The largest absolute Gasteiger partial charge is 0.416 e. The topological polar surface area (TPSA) is 123 Å². The Labute approximate surface area is 160 Å². The molecule has 0 saturated heterocycles. The first kappa shape index (κ1) is 19.3. The van der Waals surface area contributed by atoms with Crippen molar-refractivity contribution >= 4 is 34.9 Å². The van der Waals surface area contributed by atoms with Crippen molar-refractivity contribution in [2.24, 2.45) is 5.84 Å². The van der Waals surface area contributed by atoms with E-state index in [9.17, 15) is 23.2 Å². The van der Waals surface area contributed by atoms with Crippen LogP contribution in [0, 0.1) is 11.3 Å². The molecule has 1 aliphatic carbocycles. The molecular weight excluding hydrogens is 408 g/mol. The first-order valence-corrected chi connectivity index (χ1v) is 8.19. The fourth-order valence-electron chi connectivity index (χ4n) is 2.94. The smallest absolute Gasteiger partial charge is 0.383 e. The summed E-state index contributed by atoms with van der Waals surface area (Å²) in [6.45, 7) is 0. The van der Waals surface area contributed by atoms with Crippen LogP contribution in [-0.2, 0) is 16.4 Å². The number of nitrogens with two attached hydrogens (primary N) is 2. The predicted molar refractivity (Wildman–Crippen MR) is 91.0 cm³/mol. The number of nitrogens with one attached hydrogen (secondary N) is 1. The zero-order valence-electron chi connectivity index (χ0n) is 13.4. The van der Waals surface area contributed by atoms with Crippen molar-refractivity contribution in [1.29, 1.82) is 5.26 Å². The van der Waals surface area contributed by atoms with Crippen LogP contribution in [0.4, 0.5) is 19.0 Å². The van der Waals surface area contributed by atoms with Gasteiger partial charge >= 0.3 is 6.18 Å². The van der Waals surface area contributed by atoms with Crippen LogP contribution in [0.25, 0.3) is 5.69 Å². The zero-order chi connectivity index (χ0) is 20.1. The summed E-state index contributed by atoms with van der Waals surface area (Å²) in [5, 5.41) is 12.6. The molecular formula is C15H11Cl2F3N6O. The number of hydrogen-bond acceptors (Lipinski definition) is 5. The summed E-state index contributed by atoms with van der Waals surface area (Å²) in [6, 6.07) is 3.18. The van der Waals surface area contributed by atoms with E-state index in [4.69, 9.17) is 34.8 Å². The van der Waals surface area contributed by atoms with Gasteiger partial charge in [0.1, 0.15) is 17.6 Å². The van der Waals surface area contributed by atoms with Crippen LogP contribution in [0.15, 0.2) is 12.1 Å². The quantitative estimate of drug-likeness (QED) is 0.401. The SMILES string of the molecule is N#Cc1nn(-c2c(Cl)cc(C(F)(F)F)cc2Cl)c(N)c1C1(C(=O)NN)CC1. The molecule has 1 aromatic heterocycles. The minimum absolute atomic E-state index is 0.129. The molecule has 0 unspecified atom stereocenters. The maximum absolute atomic E-state index is 12.9. The standard InChI is InChI=1S/C15H11Cl2F3N6O/c16-7-3-6(15(18,19)20)4-8(17)11(7)26-12(22)10(9(5-21)25-26)14(1-2-14)13(27)24-23/h3-4H,1-2,22-23H2,(H,24,27). The third-order valence-corrected chi connectivity index (χ3v) is 4.95. The summed E-state index contributed by atoms with van der Waals surface area (Å²) >= 11 is 12.0. The molecule has 142 valence electrons. The monoisotopic (exact) mass is 418 g/mol. The minimum Gasteiger partial charge on any atom is -0.383 e. The Morgan fingerprint density at radius 2 is 1.89 bits per heavy atom. The zero-order valence-corrected chi connectivity index (χ0v) is 14.9. The maximum Gasteiger partial charge on any atom is 0.416 e. The molecule has 1 amide bonds. The summed E-state index contributed by atoms with van der Waals surface area (Å²) in [6.07, 6.45) is -3.88. The van der Waals surface area contributed by atoms with E-state index in [1.165, 1.54) is 0 Å². The van der Waals surface area contributed by atoms with E-state index in [0.29, 0.717) is 25.0 Å². The molecule has 7 nitrogen and oxygen atoms in total. The summed E-state index contributed by atoms with van der Waals surface area (Å²) in [5.41, 5.74) is 5.78. The number of benzene rings is 1. The second-order valence-corrected chi connectivity index (χ2v) is 6.79. The average Bonchev–Trinajstić information content (AvgIpc) is 3.32. The molecule has 0 spiro atoms. The number of carbonyl (C=O) groups excluding carboxylic acids is 1. The number of nitrogen functional groups attached to an aromatic ring is 1. The van der Waals surface area contributed by atoms with Crippen LogP contribution in [0.3, 0.4) is 0 Å². The highest BCUT2D eigenvalue weighted by Gasteiger charge is 2.55. The maximum atomic E-state index is 12.9. The molecule has 1 aromatic carbocycles. The number of hydrazine groups is 1. The lowest BCUT2D eigenvalue weighted by atomic mass is 9.94. The number of nitrogens with zero attached hydrogens (tertiary/aromatic N) is 3. The van der Waals surface area contributed by atoms with Crippen LogP contribution in [0.1, 0.15) is 29.7 Å². The molecule has 1 saturated carbocycles. The molecule has 1 aliphatic rings. The van der Waals surface area contributed by atoms with E-state index >= 15 is 0 Å². The number of hydrogen-bond donors (Lipinski definition) is 3. The molecule has 1 heterocycles. The van der Waals surface area contributed by atoms with Crippen LogP contribution < -0.4 is 17.0 Å². The normalized spacial score (nSPS) is 15.3. The second kappa shape index (κ2) is 6.30. The van der Waals surface area contributed by atoms with E-state index < -0.39 is 23.1 Å². The van der Waals surface area contributed by atoms with Gasteiger partial charge in [0.2, 0.25) is 5.91 Å². The van der Waals surface area contributed by atoms with Gasteiger partial charge in [-0.15, -0.1) is 0 Å². The van der Waals surface area contributed by atoms with E-state index in [-0.39, 0.29) is 32.8 Å². The highest BCUT2D eigenvalue weighted by molar-refractivity contribution is 6.38. The third kappa shape index (κ3) is 2.97. The van der Waals surface area contributed by atoms with Gasteiger partial charge in [0.15, 0.2) is 5.69 Å². The van der Waals surface area contributed by atoms with Gasteiger partial charge in [-0.25, -0.2) is 10.5 Å². The minimum atomic E-state index is -4.65. The van der Waals surface area contributed by atoms with Crippen molar-refractivity contribution in [3.63, 3.8) is 0 Å². The number of amides is 1. The number of aromatic nitrogens is 2. The van der Waals surface area contributed by atoms with Crippen molar-refractivity contribution < 1.29 is 18.0 Å². The van der Waals surface area contributed by atoms with Gasteiger partial charge in [-0.05, 0) is 25.0 Å². The summed E-state index contributed by atoms with van der Waals surface area (Å²) in [4.78, 5) is 12.1. The van der Waals surface area contributed by atoms with Gasteiger partial charge in [0.05, 0.1) is 21.0 Å². The molecule has 0 atom stereocenters. The first-order valence-electron chi connectivity index (χ1n) is 7.43. The number of alkyl halides is 3. The molecule has 27 heavy (non-hydrogen) atoms. The Morgan fingerprint density at radius 3 is 2.30 bits per heavy atom. The lowest BCUT2D eigenvalue weighted by Crippen LogP contribution is -2.39. The Balaban J connectivity index is 2.21. The van der Waals surface area contributed by atoms with Crippen LogP contribution in [-0.4, -0.2) is 15.7 Å². The Morgan fingerprint density at radius 1 is 1.33 bits per heavy atom. The predicted octanol–water partition coefficient (Wildman–Crippen LogP) is 2.67. The Hall–Kier alpha value is -2.48. The summed E-state index contributed by atoms with van der Waals surface area (Å²) < 4.78 is 39.7. The number of carbonyl (C=O) groups is 1. The van der Waals surface area contributed by atoms with Crippen LogP contribution >= 0.6 is 23.2 Å². The molecule has 5 N–H and O–H groups in total. The highest BCUT2D eigenvalue weighted by atomic mass is 35.5. The van der Waals surface area contributed by atoms with Crippen molar-refractivity contribution in [3.05, 3.63) is 39.0 Å². The van der Waals surface area contributed by atoms with Gasteiger partial charge in [-0.3, -0.25) is 10.2 Å². The van der Waals surface area contributed by atoms with Crippen LogP contribution in [0.2, 0.25) is 10.0 Å².